The molecule has 0 unspecified atom stereocenters. The highest BCUT2D eigenvalue weighted by atomic mass is 32.2. The molecule has 14 heavy (non-hydrogen) atoms. The molecule has 2 heterocycles. The van der Waals surface area contributed by atoms with Gasteiger partial charge in [0, 0.05) is 10.3 Å². The number of hydrogen-bond acceptors (Lipinski definition) is 4. The van der Waals surface area contributed by atoms with E-state index >= 15 is 0 Å². The molecule has 1 aliphatic carbocycles. The van der Waals surface area contributed by atoms with Gasteiger partial charge in [-0.2, -0.15) is 0 Å². The molecule has 0 saturated heterocycles. The van der Waals surface area contributed by atoms with E-state index in [2.05, 4.69) is 16.2 Å². The van der Waals surface area contributed by atoms with Crippen LogP contribution < -0.4 is 0 Å². The Morgan fingerprint density at radius 3 is 3.14 bits per heavy atom. The second-order valence-electron chi connectivity index (χ2n) is 3.42. The topological polar surface area (TPSA) is 25.8 Å². The van der Waals surface area contributed by atoms with Gasteiger partial charge in [0.2, 0.25) is 0 Å². The van der Waals surface area contributed by atoms with Crippen molar-refractivity contribution in [1.29, 1.82) is 0 Å². The molecule has 4 heteroatoms. The van der Waals surface area contributed by atoms with Crippen LogP contribution in [0.1, 0.15) is 16.9 Å². The number of rotatable bonds is 1. The Balaban J connectivity index is 2.39. The average molecular weight is 222 g/mol. The number of aryl methyl sites for hydroxylation is 2. The Labute approximate surface area is 90.8 Å². The molecule has 72 valence electrons. The van der Waals surface area contributed by atoms with Gasteiger partial charge in [-0.15, -0.1) is 23.1 Å². The van der Waals surface area contributed by atoms with Crippen LogP contribution in [0.2, 0.25) is 0 Å². The lowest BCUT2D eigenvalue weighted by molar-refractivity contribution is 0.915. The van der Waals surface area contributed by atoms with Crippen LogP contribution in [0.5, 0.6) is 0 Å². The Morgan fingerprint density at radius 1 is 1.36 bits per heavy atom. The van der Waals surface area contributed by atoms with Crippen LogP contribution in [0, 0.1) is 0 Å². The molecule has 2 nitrogen and oxygen atoms in total. The van der Waals surface area contributed by atoms with Gasteiger partial charge in [0.1, 0.15) is 16.2 Å². The van der Waals surface area contributed by atoms with E-state index in [4.69, 9.17) is 0 Å². The van der Waals surface area contributed by atoms with Crippen molar-refractivity contribution in [3.63, 3.8) is 0 Å². The molecule has 0 bridgehead atoms. The molecule has 2 aromatic heterocycles. The number of nitrogens with zero attached hydrogens (tertiary/aromatic N) is 2. The Bertz CT molecular complexity index is 490. The van der Waals surface area contributed by atoms with Gasteiger partial charge in [0.25, 0.3) is 0 Å². The molecular formula is C10H10N2S2. The maximum atomic E-state index is 4.35. The fourth-order valence-electron chi connectivity index (χ4n) is 2.05. The molecule has 3 rings (SSSR count). The molecular weight excluding hydrogens is 212 g/mol. The van der Waals surface area contributed by atoms with E-state index in [0.29, 0.717) is 0 Å². The summed E-state index contributed by atoms with van der Waals surface area (Å²) in [5.74, 6) is 0. The molecule has 0 saturated carbocycles. The standard InChI is InChI=1S/C10H10N2S2/c1-13-9-8-6-3-2-4-7(6)14-10(8)12-5-11-9/h5H,2-4H2,1H3. The first-order chi connectivity index (χ1) is 6.90. The van der Waals surface area contributed by atoms with E-state index in [0.717, 1.165) is 5.03 Å². The molecule has 2 aromatic rings. The second-order valence-corrected chi connectivity index (χ2v) is 5.30. The fraction of sp³-hybridized carbons (Fsp3) is 0.400. The largest absolute Gasteiger partial charge is 0.229 e. The zero-order valence-electron chi connectivity index (χ0n) is 7.91. The summed E-state index contributed by atoms with van der Waals surface area (Å²) in [4.78, 5) is 11.4. The van der Waals surface area contributed by atoms with Crippen molar-refractivity contribution in [2.24, 2.45) is 0 Å². The van der Waals surface area contributed by atoms with Gasteiger partial charge in [-0.05, 0) is 31.1 Å². The quantitative estimate of drug-likeness (QED) is 0.548. The Morgan fingerprint density at radius 2 is 2.29 bits per heavy atom. The molecule has 1 aliphatic rings. The van der Waals surface area contributed by atoms with E-state index in [1.807, 2.05) is 11.3 Å². The van der Waals surface area contributed by atoms with Crippen molar-refractivity contribution in [2.45, 2.75) is 24.3 Å². The third-order valence-corrected chi connectivity index (χ3v) is 4.56. The highest BCUT2D eigenvalue weighted by Crippen LogP contribution is 2.39. The van der Waals surface area contributed by atoms with Crippen molar-refractivity contribution < 1.29 is 0 Å². The minimum Gasteiger partial charge on any atom is -0.229 e. The van der Waals surface area contributed by atoms with E-state index in [9.17, 15) is 0 Å². The maximum absolute atomic E-state index is 4.35. The van der Waals surface area contributed by atoms with E-state index in [-0.39, 0.29) is 0 Å². The monoisotopic (exact) mass is 222 g/mol. The normalized spacial score (nSPS) is 14.9. The molecule has 0 amide bonds. The zero-order chi connectivity index (χ0) is 9.54. The summed E-state index contributed by atoms with van der Waals surface area (Å²) in [6.07, 6.45) is 7.53. The number of fused-ring (bicyclic) bond motifs is 3. The first-order valence-corrected chi connectivity index (χ1v) is 6.73. The van der Waals surface area contributed by atoms with Crippen LogP contribution in [-0.4, -0.2) is 16.2 Å². The van der Waals surface area contributed by atoms with Gasteiger partial charge in [-0.1, -0.05) is 0 Å². The molecule has 0 radical (unpaired) electrons. The smallest absolute Gasteiger partial charge is 0.128 e. The van der Waals surface area contributed by atoms with Gasteiger partial charge in [0.15, 0.2) is 0 Å². The van der Waals surface area contributed by atoms with Gasteiger partial charge >= 0.3 is 0 Å². The predicted octanol–water partition coefficient (Wildman–Crippen LogP) is 2.90. The van der Waals surface area contributed by atoms with Crippen LogP contribution in [0.4, 0.5) is 0 Å². The van der Waals surface area contributed by atoms with Crippen LogP contribution in [0.15, 0.2) is 11.4 Å². The summed E-state index contributed by atoms with van der Waals surface area (Å²) < 4.78 is 0. The number of thiophene rings is 1. The van der Waals surface area contributed by atoms with Gasteiger partial charge in [-0.25, -0.2) is 9.97 Å². The lowest BCUT2D eigenvalue weighted by Gasteiger charge is -1.98. The highest BCUT2D eigenvalue weighted by molar-refractivity contribution is 7.98. The van der Waals surface area contributed by atoms with Crippen molar-refractivity contribution in [3.8, 4) is 0 Å². The van der Waals surface area contributed by atoms with Gasteiger partial charge < -0.3 is 0 Å². The molecule has 0 spiro atoms. The summed E-state index contributed by atoms with van der Waals surface area (Å²) in [6.45, 7) is 0. The SMILES string of the molecule is CSc1ncnc2sc3c(c12)CCC3. The average Bonchev–Trinajstić information content (AvgIpc) is 2.75. The molecule has 0 fully saturated rings. The lowest BCUT2D eigenvalue weighted by atomic mass is 10.2. The van der Waals surface area contributed by atoms with Crippen molar-refractivity contribution in [3.05, 3.63) is 16.8 Å². The first-order valence-electron chi connectivity index (χ1n) is 4.69. The summed E-state index contributed by atoms with van der Waals surface area (Å²) in [5.41, 5.74) is 1.52. The summed E-state index contributed by atoms with van der Waals surface area (Å²) in [5, 5.41) is 2.48. The number of thioether (sulfide) groups is 1. The predicted molar refractivity (Wildman–Crippen MR) is 61.2 cm³/mol. The van der Waals surface area contributed by atoms with Crippen LogP contribution in [-0.2, 0) is 12.8 Å². The minimum atomic E-state index is 1.15. The van der Waals surface area contributed by atoms with Crippen LogP contribution in [0.3, 0.4) is 0 Å². The van der Waals surface area contributed by atoms with Crippen molar-refractivity contribution in [1.82, 2.24) is 9.97 Å². The van der Waals surface area contributed by atoms with Crippen molar-refractivity contribution >= 4 is 33.3 Å². The zero-order valence-corrected chi connectivity index (χ0v) is 9.54. The highest BCUT2D eigenvalue weighted by Gasteiger charge is 2.20. The summed E-state index contributed by atoms with van der Waals surface area (Å²) in [7, 11) is 0. The number of aromatic nitrogens is 2. The molecule has 0 atom stereocenters. The molecule has 0 N–H and O–H groups in total. The van der Waals surface area contributed by atoms with Gasteiger partial charge in [-0.3, -0.25) is 0 Å². The molecule has 0 aliphatic heterocycles. The Hall–Kier alpha value is -0.610. The van der Waals surface area contributed by atoms with E-state index in [1.165, 1.54) is 39.9 Å². The van der Waals surface area contributed by atoms with Crippen LogP contribution >= 0.6 is 23.1 Å². The third-order valence-electron chi connectivity index (χ3n) is 2.66. The number of hydrogen-bond donors (Lipinski definition) is 0. The molecule has 0 aromatic carbocycles. The van der Waals surface area contributed by atoms with Gasteiger partial charge in [0.05, 0.1) is 0 Å². The maximum Gasteiger partial charge on any atom is 0.128 e. The summed E-state index contributed by atoms with van der Waals surface area (Å²) >= 11 is 3.58. The van der Waals surface area contributed by atoms with E-state index in [1.54, 1.807) is 18.1 Å². The van der Waals surface area contributed by atoms with Crippen LogP contribution in [0.25, 0.3) is 10.2 Å². The minimum absolute atomic E-state index is 1.15. The second kappa shape index (κ2) is 3.21. The van der Waals surface area contributed by atoms with Crippen molar-refractivity contribution in [2.75, 3.05) is 6.26 Å². The lowest BCUT2D eigenvalue weighted by Crippen LogP contribution is -1.85. The summed E-state index contributed by atoms with van der Waals surface area (Å²) in [6, 6.07) is 0. The van der Waals surface area contributed by atoms with E-state index < -0.39 is 0 Å². The first kappa shape index (κ1) is 8.68. The third kappa shape index (κ3) is 1.10. The fourth-order valence-corrected chi connectivity index (χ4v) is 3.92. The Kier molecular flexibility index (Phi) is 1.99.